The Kier molecular flexibility index (Phi) is 3.92. The Morgan fingerprint density at radius 2 is 1.82 bits per heavy atom. The quantitative estimate of drug-likeness (QED) is 0.593. The van der Waals surface area contributed by atoms with E-state index < -0.39 is 0 Å². The number of halogens is 3. The van der Waals surface area contributed by atoms with Crippen LogP contribution in [0.15, 0.2) is 30.5 Å². The van der Waals surface area contributed by atoms with E-state index in [9.17, 15) is 5.11 Å². The number of hydrogen-bond donors (Lipinski definition) is 2. The van der Waals surface area contributed by atoms with Crippen LogP contribution in [0.4, 0.5) is 0 Å². The molecule has 0 saturated carbocycles. The Morgan fingerprint density at radius 3 is 2.55 bits per heavy atom. The fourth-order valence-electron chi connectivity index (χ4n) is 2.50. The fourth-order valence-corrected chi connectivity index (χ4v) is 3.24. The van der Waals surface area contributed by atoms with Gasteiger partial charge in [0.15, 0.2) is 0 Å². The highest BCUT2D eigenvalue weighted by molar-refractivity contribution is 6.46. The fraction of sp³-hybridized carbons (Fsp3) is 0.0625. The number of hydrogen-bond acceptors (Lipinski definition) is 2. The van der Waals surface area contributed by atoms with E-state index in [4.69, 9.17) is 40.1 Å². The molecule has 22 heavy (non-hydrogen) atoms. The minimum Gasteiger partial charge on any atom is -0.507 e. The van der Waals surface area contributed by atoms with Crippen LogP contribution in [0.3, 0.4) is 0 Å². The van der Waals surface area contributed by atoms with Crippen molar-refractivity contribution in [1.29, 1.82) is 5.26 Å². The highest BCUT2D eigenvalue weighted by Crippen LogP contribution is 2.43. The van der Waals surface area contributed by atoms with Crippen LogP contribution in [0.5, 0.6) is 5.75 Å². The molecule has 3 rings (SSSR count). The Morgan fingerprint density at radius 1 is 1.09 bits per heavy atom. The van der Waals surface area contributed by atoms with Crippen LogP contribution in [0, 0.1) is 11.3 Å². The zero-order valence-corrected chi connectivity index (χ0v) is 13.4. The minimum atomic E-state index is 0.0968. The summed E-state index contributed by atoms with van der Waals surface area (Å²) in [7, 11) is 0. The first kappa shape index (κ1) is 15.1. The van der Waals surface area contributed by atoms with E-state index in [1.165, 1.54) is 0 Å². The number of aromatic nitrogens is 1. The molecule has 6 heteroatoms. The number of phenols is 1. The van der Waals surface area contributed by atoms with Crippen LogP contribution in [0.25, 0.3) is 22.0 Å². The molecule has 0 bridgehead atoms. The number of nitrogens with zero attached hydrogens (tertiary/aromatic N) is 1. The molecule has 110 valence electrons. The summed E-state index contributed by atoms with van der Waals surface area (Å²) < 4.78 is 0. The maximum Gasteiger partial charge on any atom is 0.125 e. The molecule has 0 saturated heterocycles. The third-order valence-electron chi connectivity index (χ3n) is 3.48. The summed E-state index contributed by atoms with van der Waals surface area (Å²) in [5.74, 6) is 0.0968. The zero-order valence-electron chi connectivity index (χ0n) is 11.1. The number of nitrogens with one attached hydrogen (secondary N) is 1. The third kappa shape index (κ3) is 2.30. The van der Waals surface area contributed by atoms with Gasteiger partial charge in [-0.15, -0.1) is 0 Å². The van der Waals surface area contributed by atoms with Gasteiger partial charge in [0, 0.05) is 22.7 Å². The maximum atomic E-state index is 10.1. The lowest BCUT2D eigenvalue weighted by Crippen LogP contribution is -1.86. The number of nitriles is 1. The molecule has 0 atom stereocenters. The first-order valence-corrected chi connectivity index (χ1v) is 7.50. The van der Waals surface area contributed by atoms with E-state index in [0.717, 1.165) is 5.56 Å². The first-order chi connectivity index (χ1) is 10.5. The molecule has 1 aromatic heterocycles. The van der Waals surface area contributed by atoms with Crippen LogP contribution >= 0.6 is 34.8 Å². The Bertz CT molecular complexity index is 925. The topological polar surface area (TPSA) is 59.8 Å². The van der Waals surface area contributed by atoms with E-state index in [-0.39, 0.29) is 12.2 Å². The summed E-state index contributed by atoms with van der Waals surface area (Å²) in [6.07, 6.45) is 1.89. The van der Waals surface area contributed by atoms with Crippen LogP contribution in [0.2, 0.25) is 15.1 Å². The maximum absolute atomic E-state index is 10.1. The molecular formula is C16H9Cl3N2O. The molecule has 3 aromatic rings. The number of H-pyrrole nitrogens is 1. The van der Waals surface area contributed by atoms with Crippen molar-refractivity contribution in [1.82, 2.24) is 4.98 Å². The molecule has 0 unspecified atom stereocenters. The third-order valence-corrected chi connectivity index (χ3v) is 4.60. The van der Waals surface area contributed by atoms with Crippen molar-refractivity contribution in [3.63, 3.8) is 0 Å². The molecule has 3 nitrogen and oxygen atoms in total. The monoisotopic (exact) mass is 350 g/mol. The predicted molar refractivity (Wildman–Crippen MR) is 89.7 cm³/mol. The van der Waals surface area contributed by atoms with Gasteiger partial charge in [-0.3, -0.25) is 0 Å². The molecule has 2 aromatic carbocycles. The standard InChI is InChI=1S/C16H9Cl3N2O/c17-10-2-3-11(18)15(19)14(10)9-1-4-12(22)13-8(5-6-20)7-21-16(9)13/h1-4,7,21-22H,5H2. The van der Waals surface area contributed by atoms with Crippen LogP contribution in [-0.2, 0) is 6.42 Å². The van der Waals surface area contributed by atoms with Crippen LogP contribution < -0.4 is 0 Å². The molecule has 0 aliphatic rings. The lowest BCUT2D eigenvalue weighted by molar-refractivity contribution is 0.481. The van der Waals surface area contributed by atoms with E-state index in [2.05, 4.69) is 11.1 Å². The summed E-state index contributed by atoms with van der Waals surface area (Å²) in [4.78, 5) is 3.08. The minimum absolute atomic E-state index is 0.0968. The van der Waals surface area contributed by atoms with E-state index in [0.29, 0.717) is 37.1 Å². The van der Waals surface area contributed by atoms with Gasteiger partial charge < -0.3 is 10.1 Å². The Hall–Kier alpha value is -1.86. The lowest BCUT2D eigenvalue weighted by atomic mass is 10.0. The molecule has 2 N–H and O–H groups in total. The van der Waals surface area contributed by atoms with Crippen LogP contribution in [0.1, 0.15) is 5.56 Å². The molecule has 0 aliphatic heterocycles. The molecule has 0 aliphatic carbocycles. The van der Waals surface area contributed by atoms with Crippen molar-refractivity contribution in [3.05, 3.63) is 51.1 Å². The first-order valence-electron chi connectivity index (χ1n) is 6.37. The summed E-state index contributed by atoms with van der Waals surface area (Å²) >= 11 is 18.6. The van der Waals surface area contributed by atoms with Gasteiger partial charge in [0.2, 0.25) is 0 Å². The normalized spacial score (nSPS) is 10.8. The van der Waals surface area contributed by atoms with E-state index in [1.807, 2.05) is 0 Å². The summed E-state index contributed by atoms with van der Waals surface area (Å²) in [5.41, 5.74) is 2.68. The molecule has 0 radical (unpaired) electrons. The van der Waals surface area contributed by atoms with Gasteiger partial charge in [0.05, 0.1) is 33.1 Å². The molecule has 0 amide bonds. The van der Waals surface area contributed by atoms with E-state index in [1.54, 1.807) is 30.5 Å². The van der Waals surface area contributed by atoms with Crippen molar-refractivity contribution >= 4 is 45.7 Å². The number of rotatable bonds is 2. The van der Waals surface area contributed by atoms with Crippen molar-refractivity contribution in [3.8, 4) is 22.9 Å². The second kappa shape index (κ2) is 5.73. The highest BCUT2D eigenvalue weighted by Gasteiger charge is 2.18. The second-order valence-electron chi connectivity index (χ2n) is 4.75. The van der Waals surface area contributed by atoms with Gasteiger partial charge in [0.1, 0.15) is 5.75 Å². The Labute approximate surface area is 141 Å². The van der Waals surface area contributed by atoms with Crippen LogP contribution in [-0.4, -0.2) is 10.1 Å². The number of aromatic hydroxyl groups is 1. The predicted octanol–water partition coefficient (Wildman–Crippen LogP) is 5.57. The van der Waals surface area contributed by atoms with Gasteiger partial charge in [-0.2, -0.15) is 5.26 Å². The number of aromatic amines is 1. The van der Waals surface area contributed by atoms with Gasteiger partial charge in [0.25, 0.3) is 0 Å². The van der Waals surface area contributed by atoms with Crippen molar-refractivity contribution in [2.45, 2.75) is 6.42 Å². The van der Waals surface area contributed by atoms with Gasteiger partial charge in [-0.1, -0.05) is 34.8 Å². The smallest absolute Gasteiger partial charge is 0.125 e. The summed E-state index contributed by atoms with van der Waals surface area (Å²) in [6, 6.07) is 8.65. The number of phenolic OH excluding ortho intramolecular Hbond substituents is 1. The lowest BCUT2D eigenvalue weighted by Gasteiger charge is -2.11. The molecule has 0 fully saturated rings. The summed E-state index contributed by atoms with van der Waals surface area (Å²) in [5, 5.41) is 20.8. The van der Waals surface area contributed by atoms with Crippen molar-refractivity contribution in [2.75, 3.05) is 0 Å². The van der Waals surface area contributed by atoms with Gasteiger partial charge in [-0.25, -0.2) is 0 Å². The summed E-state index contributed by atoms with van der Waals surface area (Å²) in [6.45, 7) is 0. The zero-order chi connectivity index (χ0) is 15.9. The van der Waals surface area contributed by atoms with Crippen molar-refractivity contribution < 1.29 is 5.11 Å². The number of fused-ring (bicyclic) bond motifs is 1. The molecular weight excluding hydrogens is 343 g/mol. The van der Waals surface area contributed by atoms with E-state index >= 15 is 0 Å². The average molecular weight is 352 g/mol. The largest absolute Gasteiger partial charge is 0.507 e. The van der Waals surface area contributed by atoms with Crippen molar-refractivity contribution in [2.24, 2.45) is 0 Å². The van der Waals surface area contributed by atoms with Gasteiger partial charge in [-0.05, 0) is 29.8 Å². The highest BCUT2D eigenvalue weighted by atomic mass is 35.5. The van der Waals surface area contributed by atoms with Gasteiger partial charge >= 0.3 is 0 Å². The molecule has 0 spiro atoms. The Balaban J connectivity index is 2.37. The number of benzene rings is 2. The molecule has 1 heterocycles. The SMILES string of the molecule is N#CCc1c[nH]c2c(-c3c(Cl)ccc(Cl)c3Cl)ccc(O)c12. The second-order valence-corrected chi connectivity index (χ2v) is 5.94. The average Bonchev–Trinajstić information content (AvgIpc) is 2.91.